The topological polar surface area (TPSA) is 79.4 Å². The first-order chi connectivity index (χ1) is 14.5. The molecule has 0 N–H and O–H groups in total. The molecule has 158 valence electrons. The van der Waals surface area contributed by atoms with E-state index in [0.29, 0.717) is 35.6 Å². The maximum Gasteiger partial charge on any atom is 0.277 e. The molecule has 1 aromatic carbocycles. The van der Waals surface area contributed by atoms with E-state index < -0.39 is 0 Å². The average Bonchev–Trinajstić information content (AvgIpc) is 3.31. The van der Waals surface area contributed by atoms with Crippen molar-refractivity contribution in [2.75, 3.05) is 18.6 Å². The fourth-order valence-corrected chi connectivity index (χ4v) is 4.43. The quantitative estimate of drug-likeness (QED) is 0.378. The van der Waals surface area contributed by atoms with Crippen molar-refractivity contribution in [1.82, 2.24) is 14.8 Å². The summed E-state index contributed by atoms with van der Waals surface area (Å²) in [5.41, 5.74) is 2.65. The number of fused-ring (bicyclic) bond motifs is 1. The third-order valence-corrected chi connectivity index (χ3v) is 6.22. The SMILES string of the molecule is CSCc1nnc(SCC(=O)c2cc(C)n(C[C@@H]3COc4ccccc4O3)c2C)o1. The van der Waals surface area contributed by atoms with E-state index >= 15 is 0 Å². The molecule has 0 fully saturated rings. The standard InChI is InChI=1S/C21H23N3O4S2/c1-13-8-16(17(25)11-30-21-23-22-20(28-21)12-29-3)14(2)24(13)9-15-10-26-18-6-4-5-7-19(18)27-15/h4-8,15H,9-12H2,1-3H3/t15-/m1/s1. The molecule has 0 bridgehead atoms. The number of ether oxygens (including phenoxy) is 2. The predicted molar refractivity (Wildman–Crippen MR) is 117 cm³/mol. The van der Waals surface area contributed by atoms with Crippen molar-refractivity contribution in [3.63, 3.8) is 0 Å². The lowest BCUT2D eigenvalue weighted by molar-refractivity contribution is 0.0777. The molecule has 2 aromatic heterocycles. The molecule has 1 aliphatic heterocycles. The zero-order valence-electron chi connectivity index (χ0n) is 17.1. The summed E-state index contributed by atoms with van der Waals surface area (Å²) in [7, 11) is 0. The van der Waals surface area contributed by atoms with Crippen LogP contribution in [0, 0.1) is 13.8 Å². The monoisotopic (exact) mass is 445 g/mol. The summed E-state index contributed by atoms with van der Waals surface area (Å²) in [6, 6.07) is 9.60. The van der Waals surface area contributed by atoms with Gasteiger partial charge in [0.1, 0.15) is 6.61 Å². The number of Topliss-reactive ketones (excluding diaryl/α,β-unsaturated/α-hetero) is 1. The van der Waals surface area contributed by atoms with Gasteiger partial charge in [0, 0.05) is 17.0 Å². The van der Waals surface area contributed by atoms with E-state index in [0.717, 1.165) is 22.9 Å². The van der Waals surface area contributed by atoms with E-state index in [2.05, 4.69) is 14.8 Å². The van der Waals surface area contributed by atoms with Crippen LogP contribution in [0.4, 0.5) is 0 Å². The Morgan fingerprint density at radius 1 is 1.23 bits per heavy atom. The van der Waals surface area contributed by atoms with Crippen LogP contribution in [0.2, 0.25) is 0 Å². The Bertz CT molecular complexity index is 1050. The molecule has 3 heterocycles. The van der Waals surface area contributed by atoms with Crippen LogP contribution < -0.4 is 9.47 Å². The zero-order valence-corrected chi connectivity index (χ0v) is 18.7. The van der Waals surface area contributed by atoms with Crippen LogP contribution in [0.5, 0.6) is 11.5 Å². The maximum atomic E-state index is 12.8. The minimum Gasteiger partial charge on any atom is -0.486 e. The highest BCUT2D eigenvalue weighted by atomic mass is 32.2. The normalized spacial score (nSPS) is 15.4. The molecular weight excluding hydrogens is 422 g/mol. The summed E-state index contributed by atoms with van der Waals surface area (Å²) < 4.78 is 19.5. The summed E-state index contributed by atoms with van der Waals surface area (Å²) in [5, 5.41) is 8.38. The number of carbonyl (C=O) groups is 1. The van der Waals surface area contributed by atoms with Gasteiger partial charge in [-0.25, -0.2) is 0 Å². The molecule has 9 heteroatoms. The van der Waals surface area contributed by atoms with Crippen molar-refractivity contribution in [2.24, 2.45) is 0 Å². The van der Waals surface area contributed by atoms with E-state index in [1.807, 2.05) is 50.4 Å². The molecule has 0 saturated heterocycles. The largest absolute Gasteiger partial charge is 0.486 e. The first-order valence-corrected chi connectivity index (χ1v) is 12.0. The lowest BCUT2D eigenvalue weighted by Gasteiger charge is -2.27. The van der Waals surface area contributed by atoms with Crippen molar-refractivity contribution in [2.45, 2.75) is 37.5 Å². The Hall–Kier alpha value is -2.39. The van der Waals surface area contributed by atoms with Crippen LogP contribution >= 0.6 is 23.5 Å². The number of ketones is 1. The van der Waals surface area contributed by atoms with Crippen LogP contribution in [0.3, 0.4) is 0 Å². The number of carbonyl (C=O) groups excluding carboxylic acids is 1. The molecule has 30 heavy (non-hydrogen) atoms. The minimum absolute atomic E-state index is 0.0372. The minimum atomic E-state index is -0.115. The Morgan fingerprint density at radius 2 is 2.03 bits per heavy atom. The van der Waals surface area contributed by atoms with E-state index in [1.165, 1.54) is 11.8 Å². The van der Waals surface area contributed by atoms with Crippen LogP contribution in [-0.4, -0.2) is 45.3 Å². The number of rotatable bonds is 8. The first kappa shape index (κ1) is 20.9. The van der Waals surface area contributed by atoms with Gasteiger partial charge in [-0.15, -0.1) is 10.2 Å². The van der Waals surface area contributed by atoms with Gasteiger partial charge in [-0.3, -0.25) is 4.79 Å². The van der Waals surface area contributed by atoms with Crippen LogP contribution in [0.1, 0.15) is 27.6 Å². The van der Waals surface area contributed by atoms with E-state index in [4.69, 9.17) is 13.9 Å². The predicted octanol–water partition coefficient (Wildman–Crippen LogP) is 4.17. The molecule has 7 nitrogen and oxygen atoms in total. The van der Waals surface area contributed by atoms with Crippen molar-refractivity contribution in [1.29, 1.82) is 0 Å². The number of hydrogen-bond acceptors (Lipinski definition) is 8. The van der Waals surface area contributed by atoms with E-state index in [9.17, 15) is 4.79 Å². The highest BCUT2D eigenvalue weighted by Gasteiger charge is 2.24. The number of benzene rings is 1. The zero-order chi connectivity index (χ0) is 21.1. The van der Waals surface area contributed by atoms with Crippen LogP contribution in [-0.2, 0) is 12.3 Å². The average molecular weight is 446 g/mol. The maximum absolute atomic E-state index is 12.8. The van der Waals surface area contributed by atoms with Gasteiger partial charge < -0.3 is 18.5 Å². The highest BCUT2D eigenvalue weighted by Crippen LogP contribution is 2.31. The highest BCUT2D eigenvalue weighted by molar-refractivity contribution is 7.99. The summed E-state index contributed by atoms with van der Waals surface area (Å²) in [6.45, 7) is 5.06. The van der Waals surface area contributed by atoms with E-state index in [-0.39, 0.29) is 17.6 Å². The summed E-state index contributed by atoms with van der Waals surface area (Å²) in [6.07, 6.45) is 1.86. The molecular formula is C21H23N3O4S2. The van der Waals surface area contributed by atoms with Crippen molar-refractivity contribution in [3.8, 4) is 11.5 Å². The van der Waals surface area contributed by atoms with Gasteiger partial charge in [-0.2, -0.15) is 11.8 Å². The second-order valence-electron chi connectivity index (χ2n) is 7.00. The van der Waals surface area contributed by atoms with Crippen molar-refractivity contribution >= 4 is 29.3 Å². The molecule has 4 rings (SSSR count). The molecule has 0 saturated carbocycles. The second kappa shape index (κ2) is 9.18. The van der Waals surface area contributed by atoms with Gasteiger partial charge in [0.05, 0.1) is 18.1 Å². The van der Waals surface area contributed by atoms with Crippen LogP contribution in [0.15, 0.2) is 40.0 Å². The lowest BCUT2D eigenvalue weighted by atomic mass is 10.2. The number of nitrogens with zero attached hydrogens (tertiary/aromatic N) is 3. The molecule has 0 unspecified atom stereocenters. The fraction of sp³-hybridized carbons (Fsp3) is 0.381. The van der Waals surface area contributed by atoms with E-state index in [1.54, 1.807) is 11.8 Å². The Balaban J connectivity index is 1.41. The Kier molecular flexibility index (Phi) is 6.38. The molecule has 1 atom stereocenters. The molecule has 0 amide bonds. The lowest BCUT2D eigenvalue weighted by Crippen LogP contribution is -2.33. The third-order valence-electron chi connectivity index (χ3n) is 4.87. The fourth-order valence-electron chi connectivity index (χ4n) is 3.40. The summed E-state index contributed by atoms with van der Waals surface area (Å²) in [5.74, 6) is 3.05. The molecule has 0 aliphatic carbocycles. The number of hydrogen-bond donors (Lipinski definition) is 0. The van der Waals surface area contributed by atoms with Crippen molar-refractivity contribution < 1.29 is 18.7 Å². The molecule has 0 radical (unpaired) electrons. The van der Waals surface area contributed by atoms with Gasteiger partial charge in [0.15, 0.2) is 23.4 Å². The van der Waals surface area contributed by atoms with Gasteiger partial charge >= 0.3 is 0 Å². The molecule has 3 aromatic rings. The Labute approximate surface area is 183 Å². The van der Waals surface area contributed by atoms with Crippen LogP contribution in [0.25, 0.3) is 0 Å². The number of thioether (sulfide) groups is 2. The van der Waals surface area contributed by atoms with Gasteiger partial charge in [-0.05, 0) is 38.3 Å². The van der Waals surface area contributed by atoms with Crippen molar-refractivity contribution in [3.05, 3.63) is 53.2 Å². The molecule has 0 spiro atoms. The van der Waals surface area contributed by atoms with Gasteiger partial charge in [-0.1, -0.05) is 23.9 Å². The second-order valence-corrected chi connectivity index (χ2v) is 8.79. The smallest absolute Gasteiger partial charge is 0.277 e. The number of para-hydroxylation sites is 2. The van der Waals surface area contributed by atoms with Gasteiger partial charge in [0.25, 0.3) is 5.22 Å². The number of aromatic nitrogens is 3. The molecule has 1 aliphatic rings. The summed E-state index contributed by atoms with van der Waals surface area (Å²) in [4.78, 5) is 12.8. The Morgan fingerprint density at radius 3 is 2.83 bits per heavy atom. The third kappa shape index (κ3) is 4.52. The summed E-state index contributed by atoms with van der Waals surface area (Å²) >= 11 is 2.88. The number of aryl methyl sites for hydroxylation is 1. The van der Waals surface area contributed by atoms with Gasteiger partial charge in [0.2, 0.25) is 5.89 Å². The first-order valence-electron chi connectivity index (χ1n) is 9.57.